The number of methoxy groups -OCH3 is 2. The molecule has 0 fully saturated rings. The van der Waals surface area contributed by atoms with E-state index in [4.69, 9.17) is 9.47 Å². The largest absolute Gasteiger partial charge is 0.508 e. The fraction of sp³-hybridized carbons (Fsp3) is 0.133. The molecule has 2 aromatic rings. The van der Waals surface area contributed by atoms with Crippen molar-refractivity contribution in [2.24, 2.45) is 0 Å². The lowest BCUT2D eigenvalue weighted by atomic mass is 10.2. The van der Waals surface area contributed by atoms with Crippen LogP contribution in [0.4, 0.5) is 5.69 Å². The number of benzene rings is 2. The average Bonchev–Trinajstić information content (AvgIpc) is 2.46. The van der Waals surface area contributed by atoms with E-state index in [0.29, 0.717) is 22.7 Å². The van der Waals surface area contributed by atoms with E-state index in [1.54, 1.807) is 30.3 Å². The van der Waals surface area contributed by atoms with Crippen molar-refractivity contribution in [3.05, 3.63) is 48.0 Å². The molecule has 5 heteroatoms. The molecule has 0 spiro atoms. The molecular weight excluding hydrogens is 258 g/mol. The van der Waals surface area contributed by atoms with Crippen LogP contribution in [0, 0.1) is 0 Å². The summed E-state index contributed by atoms with van der Waals surface area (Å²) in [6.07, 6.45) is 0. The first-order valence-corrected chi connectivity index (χ1v) is 5.96. The number of phenolic OH excluding ortho intramolecular Hbond substituents is 1. The highest BCUT2D eigenvalue weighted by Crippen LogP contribution is 2.26. The summed E-state index contributed by atoms with van der Waals surface area (Å²) in [4.78, 5) is 12.1. The van der Waals surface area contributed by atoms with Gasteiger partial charge in [0.05, 0.1) is 14.2 Å². The van der Waals surface area contributed by atoms with E-state index in [2.05, 4.69) is 5.32 Å². The third kappa shape index (κ3) is 3.20. The first kappa shape index (κ1) is 13.7. The van der Waals surface area contributed by atoms with E-state index in [1.165, 1.54) is 26.4 Å². The zero-order valence-corrected chi connectivity index (χ0v) is 11.2. The Bertz CT molecular complexity index is 603. The lowest BCUT2D eigenvalue weighted by Crippen LogP contribution is -2.11. The summed E-state index contributed by atoms with van der Waals surface area (Å²) in [5, 5.41) is 12.1. The molecular formula is C15H15NO4. The van der Waals surface area contributed by atoms with Crippen molar-refractivity contribution >= 4 is 11.6 Å². The molecule has 20 heavy (non-hydrogen) atoms. The predicted octanol–water partition coefficient (Wildman–Crippen LogP) is 2.66. The second-order valence-corrected chi connectivity index (χ2v) is 4.11. The number of anilines is 1. The highest BCUT2D eigenvalue weighted by atomic mass is 16.5. The standard InChI is InChI=1S/C15H15NO4/c1-19-13-7-11(8-14(9-13)20-2)16-15(18)10-4-3-5-12(17)6-10/h3-9,17H,1-2H3,(H,16,18). The lowest BCUT2D eigenvalue weighted by molar-refractivity contribution is 0.102. The molecule has 0 aliphatic rings. The molecule has 0 unspecified atom stereocenters. The fourth-order valence-corrected chi connectivity index (χ4v) is 1.73. The molecule has 2 N–H and O–H groups in total. The van der Waals surface area contributed by atoms with E-state index < -0.39 is 0 Å². The smallest absolute Gasteiger partial charge is 0.255 e. The summed E-state index contributed by atoms with van der Waals surface area (Å²) in [6.45, 7) is 0. The first-order valence-electron chi connectivity index (χ1n) is 5.96. The Morgan fingerprint density at radius 1 is 1.05 bits per heavy atom. The van der Waals surface area contributed by atoms with Gasteiger partial charge in [-0.1, -0.05) is 6.07 Å². The fourth-order valence-electron chi connectivity index (χ4n) is 1.73. The first-order chi connectivity index (χ1) is 9.62. The summed E-state index contributed by atoms with van der Waals surface area (Å²) >= 11 is 0. The van der Waals surface area contributed by atoms with Crippen LogP contribution in [0.3, 0.4) is 0 Å². The van der Waals surface area contributed by atoms with Crippen LogP contribution in [0.15, 0.2) is 42.5 Å². The van der Waals surface area contributed by atoms with Gasteiger partial charge in [-0.2, -0.15) is 0 Å². The van der Waals surface area contributed by atoms with Crippen LogP contribution >= 0.6 is 0 Å². The number of rotatable bonds is 4. The van der Waals surface area contributed by atoms with Gasteiger partial charge in [-0.25, -0.2) is 0 Å². The second-order valence-electron chi connectivity index (χ2n) is 4.11. The maximum Gasteiger partial charge on any atom is 0.255 e. The van der Waals surface area contributed by atoms with Gasteiger partial charge in [0.15, 0.2) is 0 Å². The maximum absolute atomic E-state index is 12.1. The number of carbonyl (C=O) groups excluding carboxylic acids is 1. The summed E-state index contributed by atoms with van der Waals surface area (Å²) in [5.74, 6) is 0.878. The number of carbonyl (C=O) groups is 1. The predicted molar refractivity (Wildman–Crippen MR) is 75.6 cm³/mol. The van der Waals surface area contributed by atoms with E-state index in [9.17, 15) is 9.90 Å². The number of phenols is 1. The molecule has 0 aromatic heterocycles. The number of nitrogens with one attached hydrogen (secondary N) is 1. The quantitative estimate of drug-likeness (QED) is 0.898. The second kappa shape index (κ2) is 5.97. The van der Waals surface area contributed by atoms with Crippen LogP contribution in [0.2, 0.25) is 0 Å². The van der Waals surface area contributed by atoms with E-state index >= 15 is 0 Å². The van der Waals surface area contributed by atoms with Gasteiger partial charge in [-0.3, -0.25) is 4.79 Å². The Labute approximate surface area is 116 Å². The summed E-state index contributed by atoms with van der Waals surface area (Å²) in [6, 6.07) is 11.2. The van der Waals surface area contributed by atoms with Crippen molar-refractivity contribution < 1.29 is 19.4 Å². The minimum Gasteiger partial charge on any atom is -0.508 e. The van der Waals surface area contributed by atoms with Gasteiger partial charge in [-0.15, -0.1) is 0 Å². The molecule has 0 saturated carbocycles. The van der Waals surface area contributed by atoms with Gasteiger partial charge < -0.3 is 19.9 Å². The van der Waals surface area contributed by atoms with E-state index in [1.807, 2.05) is 0 Å². The van der Waals surface area contributed by atoms with Gasteiger partial charge in [0.2, 0.25) is 0 Å². The van der Waals surface area contributed by atoms with Crippen molar-refractivity contribution in [3.8, 4) is 17.2 Å². The molecule has 0 aliphatic carbocycles. The number of aromatic hydroxyl groups is 1. The Hall–Kier alpha value is -2.69. The minimum atomic E-state index is -0.323. The maximum atomic E-state index is 12.1. The molecule has 0 radical (unpaired) electrons. The molecule has 0 atom stereocenters. The topological polar surface area (TPSA) is 67.8 Å². The minimum absolute atomic E-state index is 0.0425. The third-order valence-corrected chi connectivity index (χ3v) is 2.72. The van der Waals surface area contributed by atoms with Crippen LogP contribution in [-0.2, 0) is 0 Å². The van der Waals surface area contributed by atoms with E-state index in [0.717, 1.165) is 0 Å². The molecule has 104 valence electrons. The monoisotopic (exact) mass is 273 g/mol. The number of hydrogen-bond acceptors (Lipinski definition) is 4. The van der Waals surface area contributed by atoms with Crippen LogP contribution in [0.25, 0.3) is 0 Å². The lowest BCUT2D eigenvalue weighted by Gasteiger charge is -2.10. The van der Waals surface area contributed by atoms with Crippen molar-refractivity contribution in [2.75, 3.05) is 19.5 Å². The van der Waals surface area contributed by atoms with Crippen molar-refractivity contribution in [3.63, 3.8) is 0 Å². The molecule has 0 heterocycles. The van der Waals surface area contributed by atoms with Crippen molar-refractivity contribution in [1.82, 2.24) is 0 Å². The summed E-state index contributed by atoms with van der Waals surface area (Å²) in [5.41, 5.74) is 0.918. The molecule has 5 nitrogen and oxygen atoms in total. The van der Waals surface area contributed by atoms with E-state index in [-0.39, 0.29) is 11.7 Å². The molecule has 0 aliphatic heterocycles. The highest BCUT2D eigenvalue weighted by molar-refractivity contribution is 6.04. The molecule has 2 aromatic carbocycles. The van der Waals surface area contributed by atoms with Crippen LogP contribution < -0.4 is 14.8 Å². The summed E-state index contributed by atoms with van der Waals surface area (Å²) in [7, 11) is 3.07. The molecule has 0 saturated heterocycles. The van der Waals surface area contributed by atoms with Crippen LogP contribution in [-0.4, -0.2) is 25.2 Å². The number of ether oxygens (including phenoxy) is 2. The average molecular weight is 273 g/mol. The Morgan fingerprint density at radius 3 is 2.25 bits per heavy atom. The third-order valence-electron chi connectivity index (χ3n) is 2.72. The Balaban J connectivity index is 2.23. The van der Waals surface area contributed by atoms with Crippen LogP contribution in [0.1, 0.15) is 10.4 Å². The zero-order valence-electron chi connectivity index (χ0n) is 11.2. The molecule has 0 bridgehead atoms. The highest BCUT2D eigenvalue weighted by Gasteiger charge is 2.09. The van der Waals surface area contributed by atoms with Crippen molar-refractivity contribution in [2.45, 2.75) is 0 Å². The zero-order chi connectivity index (χ0) is 14.5. The van der Waals surface area contributed by atoms with Gasteiger partial charge in [-0.05, 0) is 18.2 Å². The van der Waals surface area contributed by atoms with Gasteiger partial charge in [0.25, 0.3) is 5.91 Å². The SMILES string of the molecule is COc1cc(NC(=O)c2cccc(O)c2)cc(OC)c1. The molecule has 2 rings (SSSR count). The molecule has 1 amide bonds. The van der Waals surface area contributed by atoms with Gasteiger partial charge >= 0.3 is 0 Å². The van der Waals surface area contributed by atoms with Gasteiger partial charge in [0.1, 0.15) is 17.2 Å². The van der Waals surface area contributed by atoms with Crippen molar-refractivity contribution in [1.29, 1.82) is 0 Å². The summed E-state index contributed by atoms with van der Waals surface area (Å²) < 4.78 is 10.3. The number of amides is 1. The van der Waals surface area contributed by atoms with Crippen LogP contribution in [0.5, 0.6) is 17.2 Å². The Kier molecular flexibility index (Phi) is 4.10. The number of hydrogen-bond donors (Lipinski definition) is 2. The van der Waals surface area contributed by atoms with Gasteiger partial charge in [0, 0.05) is 29.4 Å². The Morgan fingerprint density at radius 2 is 1.70 bits per heavy atom. The normalized spacial score (nSPS) is 9.90.